The molecule has 0 saturated heterocycles. The van der Waals surface area contributed by atoms with Crippen molar-refractivity contribution in [2.75, 3.05) is 34.5 Å². The average molecular weight is 322 g/mol. The molecule has 2 aliphatic rings. The van der Waals surface area contributed by atoms with Gasteiger partial charge in [-0.25, -0.2) is 0 Å². The van der Waals surface area contributed by atoms with Crippen LogP contribution in [-0.2, 0) is 6.42 Å². The largest absolute Gasteiger partial charge is 0.492 e. The van der Waals surface area contributed by atoms with Crippen LogP contribution in [-0.4, -0.2) is 50.2 Å². The molecule has 0 bridgehead atoms. The van der Waals surface area contributed by atoms with Gasteiger partial charge in [0.05, 0.1) is 39.4 Å². The van der Waals surface area contributed by atoms with E-state index in [4.69, 9.17) is 14.2 Å². The number of fused-ring (bicyclic) bond motifs is 2. The van der Waals surface area contributed by atoms with Crippen LogP contribution in [0.15, 0.2) is 6.07 Å². The Morgan fingerprint density at radius 3 is 2.74 bits per heavy atom. The van der Waals surface area contributed by atoms with Gasteiger partial charge in [-0.2, -0.15) is 0 Å². The maximum atomic E-state index is 10.5. The Labute approximate surface area is 138 Å². The van der Waals surface area contributed by atoms with E-state index >= 15 is 0 Å². The smallest absolute Gasteiger partial charge is 0.231 e. The molecule has 0 amide bonds. The Balaban J connectivity index is 2.10. The van der Waals surface area contributed by atoms with Gasteiger partial charge >= 0.3 is 0 Å². The number of aliphatic hydroxyl groups excluding tert-OH is 1. The second-order valence-corrected chi connectivity index (χ2v) is 7.53. The number of aliphatic hydroxyl groups is 1. The summed E-state index contributed by atoms with van der Waals surface area (Å²) >= 11 is 0. The molecule has 0 unspecified atom stereocenters. The van der Waals surface area contributed by atoms with Crippen LogP contribution >= 0.6 is 0 Å². The molecule has 128 valence electrons. The van der Waals surface area contributed by atoms with Gasteiger partial charge in [0.25, 0.3) is 0 Å². The van der Waals surface area contributed by atoms with E-state index in [1.807, 2.05) is 0 Å². The van der Waals surface area contributed by atoms with Crippen molar-refractivity contribution in [3.63, 3.8) is 0 Å². The zero-order valence-electron chi connectivity index (χ0n) is 14.8. The highest BCUT2D eigenvalue weighted by molar-refractivity contribution is 5.61. The third kappa shape index (κ3) is 2.76. The molecule has 0 aliphatic carbocycles. The Hall–Kier alpha value is -1.46. The first-order chi connectivity index (χ1) is 10.8. The van der Waals surface area contributed by atoms with E-state index < -0.39 is 0 Å². The molecule has 1 aromatic rings. The van der Waals surface area contributed by atoms with Crippen LogP contribution in [0, 0.1) is 5.92 Å². The summed E-state index contributed by atoms with van der Waals surface area (Å²) in [6.45, 7) is 5.40. The summed E-state index contributed by atoms with van der Waals surface area (Å²) in [4.78, 5) is 0. The van der Waals surface area contributed by atoms with Crippen LogP contribution < -0.4 is 14.2 Å². The number of benzene rings is 1. The standard InChI is InChI=1S/C18H28NO4/c1-11(2)14(20)9-13-16-12(6-7-19(13,3)4)8-15-17(18(16)21-5)23-10-22-15/h8,11,13-14,20H,6-7,9-10H2,1-5H3/q+1/t13-,14+/m0/s1. The quantitative estimate of drug-likeness (QED) is 0.865. The minimum Gasteiger partial charge on any atom is -0.492 e. The Morgan fingerprint density at radius 2 is 2.09 bits per heavy atom. The molecular formula is C18H28NO4+. The van der Waals surface area contributed by atoms with Gasteiger partial charge in [-0.1, -0.05) is 13.8 Å². The summed E-state index contributed by atoms with van der Waals surface area (Å²) in [6, 6.07) is 2.27. The van der Waals surface area contributed by atoms with Crippen molar-refractivity contribution < 1.29 is 23.8 Å². The molecule has 5 heteroatoms. The van der Waals surface area contributed by atoms with Crippen molar-refractivity contribution in [1.82, 2.24) is 0 Å². The molecule has 0 aromatic heterocycles. The number of ether oxygens (including phenoxy) is 3. The highest BCUT2D eigenvalue weighted by Gasteiger charge is 2.42. The predicted molar refractivity (Wildman–Crippen MR) is 88.0 cm³/mol. The van der Waals surface area contributed by atoms with Crippen molar-refractivity contribution in [3.8, 4) is 17.2 Å². The highest BCUT2D eigenvalue weighted by atomic mass is 16.7. The molecular weight excluding hydrogens is 294 g/mol. The fraction of sp³-hybridized carbons (Fsp3) is 0.667. The van der Waals surface area contributed by atoms with Gasteiger partial charge in [0.1, 0.15) is 6.04 Å². The van der Waals surface area contributed by atoms with Crippen LogP contribution in [0.1, 0.15) is 37.4 Å². The van der Waals surface area contributed by atoms with Crippen molar-refractivity contribution in [2.24, 2.45) is 5.92 Å². The number of rotatable bonds is 4. The first-order valence-electron chi connectivity index (χ1n) is 8.35. The summed E-state index contributed by atoms with van der Waals surface area (Å²) in [7, 11) is 6.14. The molecule has 5 nitrogen and oxygen atoms in total. The van der Waals surface area contributed by atoms with Crippen LogP contribution in [0.3, 0.4) is 0 Å². The number of nitrogens with zero attached hydrogens (tertiary/aromatic N) is 1. The van der Waals surface area contributed by atoms with Crippen molar-refractivity contribution in [3.05, 3.63) is 17.2 Å². The van der Waals surface area contributed by atoms with Crippen molar-refractivity contribution >= 4 is 0 Å². The number of likely N-dealkylation sites (N-methyl/N-ethyl adjacent to an activating group) is 1. The lowest BCUT2D eigenvalue weighted by Gasteiger charge is -2.44. The topological polar surface area (TPSA) is 47.9 Å². The number of hydrogen-bond acceptors (Lipinski definition) is 4. The summed E-state index contributed by atoms with van der Waals surface area (Å²) in [5, 5.41) is 10.5. The second kappa shape index (κ2) is 5.87. The van der Waals surface area contributed by atoms with Crippen molar-refractivity contribution in [1.29, 1.82) is 0 Å². The Kier molecular flexibility index (Phi) is 4.19. The lowest BCUT2D eigenvalue weighted by molar-refractivity contribution is -0.924. The van der Waals surface area contributed by atoms with Crippen molar-refractivity contribution in [2.45, 2.75) is 38.8 Å². The average Bonchev–Trinajstić information content (AvgIpc) is 2.95. The van der Waals surface area contributed by atoms with Gasteiger partial charge in [0.2, 0.25) is 12.5 Å². The van der Waals surface area contributed by atoms with E-state index in [1.54, 1.807) is 7.11 Å². The van der Waals surface area contributed by atoms with Crippen LogP contribution in [0.25, 0.3) is 0 Å². The van der Waals surface area contributed by atoms with Gasteiger partial charge < -0.3 is 23.8 Å². The lowest BCUT2D eigenvalue weighted by atomic mass is 9.85. The molecule has 23 heavy (non-hydrogen) atoms. The fourth-order valence-electron chi connectivity index (χ4n) is 3.67. The molecule has 1 aromatic carbocycles. The molecule has 0 saturated carbocycles. The molecule has 0 radical (unpaired) electrons. The molecule has 2 heterocycles. The van der Waals surface area contributed by atoms with Gasteiger partial charge in [-0.15, -0.1) is 0 Å². The molecule has 2 aliphatic heterocycles. The molecule has 1 N–H and O–H groups in total. The second-order valence-electron chi connectivity index (χ2n) is 7.53. The Bertz CT molecular complexity index is 597. The SMILES string of the molecule is COc1c2c(cc3c1[C@H](C[C@@H](O)C(C)C)[N+](C)(C)CC3)OCO2. The number of hydrogen-bond donors (Lipinski definition) is 1. The molecule has 0 fully saturated rings. The fourth-order valence-corrected chi connectivity index (χ4v) is 3.67. The van der Waals surface area contributed by atoms with Crippen LogP contribution in [0.5, 0.6) is 17.2 Å². The molecule has 3 rings (SSSR count). The first-order valence-corrected chi connectivity index (χ1v) is 8.35. The predicted octanol–water partition coefficient (Wildman–Crippen LogP) is 2.50. The third-order valence-corrected chi connectivity index (χ3v) is 5.32. The van der Waals surface area contributed by atoms with Gasteiger partial charge in [0.15, 0.2) is 11.5 Å². The minimum absolute atomic E-state index is 0.181. The zero-order valence-corrected chi connectivity index (χ0v) is 14.8. The van der Waals surface area contributed by atoms with E-state index in [0.29, 0.717) is 12.2 Å². The number of quaternary nitrogens is 1. The van der Waals surface area contributed by atoms with Crippen LogP contribution in [0.4, 0.5) is 0 Å². The van der Waals surface area contributed by atoms with E-state index in [0.717, 1.165) is 28.9 Å². The van der Waals surface area contributed by atoms with E-state index in [9.17, 15) is 5.11 Å². The lowest BCUT2D eigenvalue weighted by Crippen LogP contribution is -2.49. The third-order valence-electron chi connectivity index (χ3n) is 5.32. The number of methoxy groups -OCH3 is 1. The van der Waals surface area contributed by atoms with Crippen LogP contribution in [0.2, 0.25) is 0 Å². The van der Waals surface area contributed by atoms with E-state index in [1.165, 1.54) is 11.1 Å². The van der Waals surface area contributed by atoms with E-state index in [2.05, 4.69) is 34.0 Å². The maximum Gasteiger partial charge on any atom is 0.231 e. The zero-order chi connectivity index (χ0) is 16.8. The van der Waals surface area contributed by atoms with E-state index in [-0.39, 0.29) is 24.9 Å². The van der Waals surface area contributed by atoms with Gasteiger partial charge in [-0.05, 0) is 17.5 Å². The molecule has 2 atom stereocenters. The van der Waals surface area contributed by atoms with Gasteiger partial charge in [-0.3, -0.25) is 0 Å². The highest BCUT2D eigenvalue weighted by Crippen LogP contribution is 2.51. The summed E-state index contributed by atoms with van der Waals surface area (Å²) < 4.78 is 17.8. The molecule has 0 spiro atoms. The summed E-state index contributed by atoms with van der Waals surface area (Å²) in [5.41, 5.74) is 2.43. The maximum absolute atomic E-state index is 10.5. The monoisotopic (exact) mass is 322 g/mol. The summed E-state index contributed by atoms with van der Waals surface area (Å²) in [5.74, 6) is 2.50. The van der Waals surface area contributed by atoms with Gasteiger partial charge in [0, 0.05) is 12.8 Å². The summed E-state index contributed by atoms with van der Waals surface area (Å²) in [6.07, 6.45) is 1.36. The first kappa shape index (κ1) is 16.4. The minimum atomic E-state index is -0.335. The normalized spacial score (nSPS) is 22.8. The Morgan fingerprint density at radius 1 is 1.35 bits per heavy atom.